The van der Waals surface area contributed by atoms with Crippen molar-refractivity contribution in [2.45, 2.75) is 182 Å². The number of hydrogen-bond donors (Lipinski definition) is 0. The maximum Gasteiger partial charge on any atom is 0.367 e. The van der Waals surface area contributed by atoms with Crippen LogP contribution in [0, 0.1) is 70.0 Å². The van der Waals surface area contributed by atoms with Crippen LogP contribution in [0.15, 0.2) is 354 Å². The van der Waals surface area contributed by atoms with Crippen molar-refractivity contribution < 1.29 is 127 Å². The van der Waals surface area contributed by atoms with Crippen LogP contribution in [-0.2, 0) is 125 Å². The Hall–Kier alpha value is -11.0. The molecule has 10 atom stereocenters. The van der Waals surface area contributed by atoms with Crippen LogP contribution in [0.5, 0.6) is 0 Å². The average Bonchev–Trinajstić information content (AvgIpc) is 1.53. The molecule has 20 rings (SSSR count). The molecule has 11 fully saturated rings. The summed E-state index contributed by atoms with van der Waals surface area (Å²) in [7, 11) is -17.9. The third-order valence-corrected chi connectivity index (χ3v) is 35.5. The molecule has 0 aromatic heterocycles. The Morgan fingerprint density at radius 1 is 0.399 bits per heavy atom. The van der Waals surface area contributed by atoms with Crippen LogP contribution < -0.4 is 0 Å². The van der Waals surface area contributed by atoms with E-state index < -0.39 is 155 Å². The molecule has 9 aromatic carbocycles. The number of esters is 6. The molecule has 10 saturated carbocycles. The summed E-state index contributed by atoms with van der Waals surface area (Å²) < 4.78 is 204. The summed E-state index contributed by atoms with van der Waals surface area (Å²) in [6, 6.07) is 96.5. The first kappa shape index (κ1) is 104. The zero-order valence-electron chi connectivity index (χ0n) is 75.5. The first-order chi connectivity index (χ1) is 65.3. The molecule has 9 aromatic rings. The molecular weight excluding hydrogens is 1910 g/mol. The van der Waals surface area contributed by atoms with Crippen molar-refractivity contribution in [2.24, 2.45) is 70.0 Å². The number of allylic oxidation sites excluding steroid dienone is 1. The molecule has 0 spiro atoms. The largest absolute Gasteiger partial charge is 0.743 e. The van der Waals surface area contributed by atoms with E-state index in [-0.39, 0.29) is 91.5 Å². The molecule has 10 bridgehead atoms. The molecule has 34 heteroatoms. The first-order valence-electron chi connectivity index (χ1n) is 44.6. The Labute approximate surface area is 807 Å². The molecule has 22 nitrogen and oxygen atoms in total. The highest BCUT2D eigenvalue weighted by molar-refractivity contribution is 7.97. The van der Waals surface area contributed by atoms with E-state index in [1.54, 1.807) is 6.92 Å². The van der Waals surface area contributed by atoms with Crippen molar-refractivity contribution in [1.29, 1.82) is 0 Å². The van der Waals surface area contributed by atoms with Crippen molar-refractivity contribution in [3.8, 4) is 0 Å². The lowest BCUT2D eigenvalue weighted by Gasteiger charge is -2.59. The molecule has 11 aliphatic rings. The summed E-state index contributed by atoms with van der Waals surface area (Å²) >= 11 is 0. The second-order valence-electron chi connectivity index (χ2n) is 36.4. The monoisotopic (exact) mass is 2010 g/mol. The third-order valence-electron chi connectivity index (χ3n) is 26.2. The van der Waals surface area contributed by atoms with Gasteiger partial charge in [-0.1, -0.05) is 184 Å². The van der Waals surface area contributed by atoms with Crippen LogP contribution in [-0.4, -0.2) is 134 Å². The van der Waals surface area contributed by atoms with E-state index in [0.29, 0.717) is 56.4 Å². The summed E-state index contributed by atoms with van der Waals surface area (Å²) in [5, 5.41) is -14.1. The normalized spacial score (nSPS) is 24.8. The molecule has 10 unspecified atom stereocenters. The number of ether oxygens (including phenoxy) is 6. The Morgan fingerprint density at radius 2 is 0.710 bits per heavy atom. The number of benzene rings is 9. The van der Waals surface area contributed by atoms with E-state index >= 15 is 0 Å². The van der Waals surface area contributed by atoms with Crippen molar-refractivity contribution in [3.05, 3.63) is 309 Å². The minimum absolute atomic E-state index is 0.0105. The van der Waals surface area contributed by atoms with Crippen molar-refractivity contribution in [3.63, 3.8) is 0 Å². The third kappa shape index (κ3) is 24.7. The second kappa shape index (κ2) is 43.8. The molecular formula is C104H104F6O22S6. The lowest BCUT2D eigenvalue weighted by atomic mass is 9.45. The summed E-state index contributed by atoms with van der Waals surface area (Å²) in [5.41, 5.74) is -1.34. The van der Waals surface area contributed by atoms with Gasteiger partial charge in [-0.05, 0) is 241 Å². The molecule has 730 valence electrons. The second-order valence-corrected chi connectivity index (χ2v) is 47.0. The molecule has 138 heavy (non-hydrogen) atoms. The molecule has 10 aliphatic carbocycles. The van der Waals surface area contributed by atoms with Gasteiger partial charge in [0.2, 0.25) is 0 Å². The molecule has 0 amide bonds. The highest BCUT2D eigenvalue weighted by atomic mass is 32.2. The van der Waals surface area contributed by atoms with E-state index in [2.05, 4.69) is 307 Å². The van der Waals surface area contributed by atoms with Gasteiger partial charge in [-0.3, -0.25) is 24.0 Å². The van der Waals surface area contributed by atoms with Crippen LogP contribution in [0.4, 0.5) is 26.3 Å². The maximum absolute atomic E-state index is 13.3. The first-order valence-corrected chi connectivity index (χ1v) is 52.5. The minimum atomic E-state index is -6.02. The summed E-state index contributed by atoms with van der Waals surface area (Å²) in [6.07, 6.45) is 5.69. The Bertz CT molecular complexity index is 5620. The zero-order valence-corrected chi connectivity index (χ0v) is 80.4. The predicted molar refractivity (Wildman–Crippen MR) is 499 cm³/mol. The quantitative estimate of drug-likeness (QED) is 0.0110. The van der Waals surface area contributed by atoms with E-state index in [9.17, 15) is 98.8 Å². The Kier molecular flexibility index (Phi) is 33.2. The van der Waals surface area contributed by atoms with Gasteiger partial charge >= 0.3 is 51.6 Å². The van der Waals surface area contributed by atoms with Crippen LogP contribution in [0.1, 0.15) is 104 Å². The van der Waals surface area contributed by atoms with Gasteiger partial charge in [0.25, 0.3) is 0 Å². The number of halogens is 6. The van der Waals surface area contributed by atoms with Gasteiger partial charge in [-0.2, -0.15) is 26.3 Å². The fraction of sp³-hybridized carbons (Fsp3) is 0.356. The number of fused-ring (bicyclic) bond motifs is 1. The standard InChI is InChI=1S/C18H24F2O6S.3C18H15S.C17H22F2O7S.C15H16F2O9S/c1-10(2)14(21)8-17-5-11-3-12(6-17)15(13(4-11)7-17)16(22)26-9-18(19,20)27(23,24)25;3*1-4-10-16(11-5-1)19(17-12-6-2-7-13-17)18-14-8-3-9-15-18;1-10(2)13(20)26-16-6-11-3-12(7-16)5-15(4-11,8-16)14(21)25-9-17(18,19)27(22,23)24;1-5(2)12(18)25-10-6-3-7-9(14(20)26-11(7)10)8(6)13(19)24-4-15(16,17)27(21,22)23/h11-13,15H,1,3-9H2,2H3,(H,23,24,25);3*1-15H;11-12H,1,3-9H2,2H3,(H,22,23,24);6-11H,1,3-4H2,2H3,(H,21,22,23)/q;3*+1;;/p-3. The number of Topliss-reactive ketones (excluding diaryl/α,β-unsaturated/α-hetero) is 1. The number of hydrogen-bond acceptors (Lipinski definition) is 22. The van der Waals surface area contributed by atoms with Crippen LogP contribution in [0.3, 0.4) is 0 Å². The van der Waals surface area contributed by atoms with E-state index in [0.717, 1.165) is 25.7 Å². The average molecular weight is 2010 g/mol. The topological polar surface area (TPSA) is 346 Å². The fourth-order valence-corrected chi connectivity index (χ4v) is 28.0. The van der Waals surface area contributed by atoms with Crippen LogP contribution in [0.25, 0.3) is 0 Å². The zero-order chi connectivity index (χ0) is 99.5. The number of rotatable bonds is 28. The van der Waals surface area contributed by atoms with Crippen LogP contribution in [0.2, 0.25) is 0 Å². The number of alkyl halides is 6. The smallest absolute Gasteiger partial charge is 0.367 e. The lowest BCUT2D eigenvalue weighted by molar-refractivity contribution is -0.212. The fourth-order valence-electron chi connectivity index (χ4n) is 21.1. The molecule has 1 saturated heterocycles. The summed E-state index contributed by atoms with van der Waals surface area (Å²) in [4.78, 5) is 97.6. The Morgan fingerprint density at radius 3 is 1.01 bits per heavy atom. The minimum Gasteiger partial charge on any atom is -0.743 e. The molecule has 1 heterocycles. The number of carbonyl (C=O) groups is 7. The van der Waals surface area contributed by atoms with Gasteiger partial charge in [-0.25, -0.2) is 34.8 Å². The highest BCUT2D eigenvalue weighted by Crippen LogP contribution is 2.66. The van der Waals surface area contributed by atoms with E-state index in [1.165, 1.54) is 57.9 Å². The van der Waals surface area contributed by atoms with Gasteiger partial charge in [0.15, 0.2) is 100 Å². The SMILES string of the molecule is C=C(C)C(=O)CC12CC3CC(C1)C(C(=O)OCC(F)(F)S(=O)(=O)[O-])C(C3)C2.C=C(C)C(=O)OC12CC3CC(C1)CC(C(=O)OCC(F)(F)S(=O)(=O)[O-])(C3)C2.C=C(C)C(=O)OC1C2CC3C1OC(=O)C3C2C(=O)OCC(F)(F)S(=O)(=O)[O-].c1ccc([S+](c2ccccc2)c2ccccc2)cc1.c1ccc([S+](c2ccccc2)c2ccccc2)cc1.c1ccc([S+](c2ccccc2)c2ccccc2)cc1. The number of carbonyl (C=O) groups excluding carboxylic acids is 7. The maximum atomic E-state index is 13.3. The highest BCUT2D eigenvalue weighted by Gasteiger charge is 2.71. The van der Waals surface area contributed by atoms with Gasteiger partial charge in [0, 0.05) is 35.8 Å². The summed E-state index contributed by atoms with van der Waals surface area (Å²) in [5.74, 6) is -8.69. The van der Waals surface area contributed by atoms with Gasteiger partial charge < -0.3 is 42.1 Å². The van der Waals surface area contributed by atoms with E-state index in [4.69, 9.17) is 14.2 Å². The van der Waals surface area contributed by atoms with Crippen molar-refractivity contribution in [2.75, 3.05) is 19.8 Å². The number of ketones is 1. The van der Waals surface area contributed by atoms with E-state index in [1.807, 2.05) is 0 Å². The lowest BCUT2D eigenvalue weighted by Crippen LogP contribution is -2.60. The van der Waals surface area contributed by atoms with Crippen molar-refractivity contribution in [1.82, 2.24) is 0 Å². The van der Waals surface area contributed by atoms with Crippen LogP contribution >= 0.6 is 0 Å². The predicted octanol–water partition coefficient (Wildman–Crippen LogP) is 19.1. The van der Waals surface area contributed by atoms with Crippen molar-refractivity contribution >= 4 is 105 Å². The van der Waals surface area contributed by atoms with Gasteiger partial charge in [-0.15, -0.1) is 0 Å². The molecule has 0 N–H and O–H groups in total. The van der Waals surface area contributed by atoms with Gasteiger partial charge in [0.05, 0.1) is 55.9 Å². The van der Waals surface area contributed by atoms with Gasteiger partial charge in [0.1, 0.15) is 17.8 Å². The molecule has 1 aliphatic heterocycles. The summed E-state index contributed by atoms with van der Waals surface area (Å²) in [6.45, 7) is 9.72. The molecule has 0 radical (unpaired) electrons. The Balaban J connectivity index is 0.000000141.